The van der Waals surface area contributed by atoms with Crippen molar-refractivity contribution in [1.82, 2.24) is 10.6 Å². The summed E-state index contributed by atoms with van der Waals surface area (Å²) < 4.78 is 0. The summed E-state index contributed by atoms with van der Waals surface area (Å²) in [7, 11) is 0. The molecule has 1 aliphatic heterocycles. The minimum absolute atomic E-state index is 0.0663. The maximum Gasteiger partial charge on any atom is 0.229 e. The van der Waals surface area contributed by atoms with Gasteiger partial charge in [0.1, 0.15) is 0 Å². The van der Waals surface area contributed by atoms with Gasteiger partial charge in [0.2, 0.25) is 5.91 Å². The first-order valence-electron chi connectivity index (χ1n) is 6.88. The van der Waals surface area contributed by atoms with Gasteiger partial charge < -0.3 is 10.6 Å². The average Bonchev–Trinajstić information content (AvgIpc) is 3.01. The van der Waals surface area contributed by atoms with Crippen molar-refractivity contribution in [1.29, 1.82) is 0 Å². The molecular formula is C16H18N2OS. The van der Waals surface area contributed by atoms with Gasteiger partial charge in [-0.2, -0.15) is 0 Å². The minimum Gasteiger partial charge on any atom is -0.348 e. The SMILES string of the molecule is CC(NC(=O)C1CNCc2ccccc21)c1cccs1. The van der Waals surface area contributed by atoms with E-state index >= 15 is 0 Å². The lowest BCUT2D eigenvalue weighted by Crippen LogP contribution is -2.39. The summed E-state index contributed by atoms with van der Waals surface area (Å²) in [5.41, 5.74) is 2.38. The first-order chi connectivity index (χ1) is 9.75. The van der Waals surface area contributed by atoms with Crippen LogP contribution in [-0.4, -0.2) is 12.5 Å². The first-order valence-corrected chi connectivity index (χ1v) is 7.76. The first kappa shape index (κ1) is 13.3. The number of hydrogen-bond donors (Lipinski definition) is 2. The highest BCUT2D eigenvalue weighted by Crippen LogP contribution is 2.25. The summed E-state index contributed by atoms with van der Waals surface area (Å²) in [5.74, 6) is 0.00733. The number of benzene rings is 1. The summed E-state index contributed by atoms with van der Waals surface area (Å²) in [5, 5.41) is 8.48. The lowest BCUT2D eigenvalue weighted by molar-refractivity contribution is -0.123. The van der Waals surface area contributed by atoms with Crippen molar-refractivity contribution in [3.63, 3.8) is 0 Å². The van der Waals surface area contributed by atoms with Gasteiger partial charge in [-0.3, -0.25) is 4.79 Å². The zero-order chi connectivity index (χ0) is 13.9. The molecule has 0 saturated heterocycles. The molecule has 3 nitrogen and oxygen atoms in total. The van der Waals surface area contributed by atoms with Crippen molar-refractivity contribution in [2.24, 2.45) is 0 Å². The molecule has 1 amide bonds. The number of hydrogen-bond acceptors (Lipinski definition) is 3. The summed E-state index contributed by atoms with van der Waals surface area (Å²) in [6.07, 6.45) is 0. The third-order valence-corrected chi connectivity index (χ3v) is 4.79. The lowest BCUT2D eigenvalue weighted by Gasteiger charge is -2.26. The second-order valence-electron chi connectivity index (χ2n) is 5.13. The van der Waals surface area contributed by atoms with E-state index in [9.17, 15) is 4.79 Å². The molecule has 2 unspecified atom stereocenters. The van der Waals surface area contributed by atoms with Gasteiger partial charge in [-0.05, 0) is 29.5 Å². The van der Waals surface area contributed by atoms with E-state index in [1.54, 1.807) is 11.3 Å². The number of thiophene rings is 1. The zero-order valence-corrected chi connectivity index (χ0v) is 12.2. The summed E-state index contributed by atoms with van der Waals surface area (Å²) in [6.45, 7) is 3.59. The van der Waals surface area contributed by atoms with Crippen LogP contribution in [0, 0.1) is 0 Å². The molecule has 4 heteroatoms. The Morgan fingerprint density at radius 2 is 2.20 bits per heavy atom. The van der Waals surface area contributed by atoms with Crippen LogP contribution < -0.4 is 10.6 Å². The van der Waals surface area contributed by atoms with Crippen LogP contribution in [0.3, 0.4) is 0 Å². The van der Waals surface area contributed by atoms with E-state index in [0.717, 1.165) is 12.1 Å². The Bertz CT molecular complexity index is 594. The number of nitrogens with one attached hydrogen (secondary N) is 2. The molecule has 104 valence electrons. The van der Waals surface area contributed by atoms with Gasteiger partial charge in [-0.25, -0.2) is 0 Å². The van der Waals surface area contributed by atoms with Crippen molar-refractivity contribution in [3.05, 3.63) is 57.8 Å². The zero-order valence-electron chi connectivity index (χ0n) is 11.4. The van der Waals surface area contributed by atoms with Crippen LogP contribution in [0.4, 0.5) is 0 Å². The summed E-state index contributed by atoms with van der Waals surface area (Å²) >= 11 is 1.67. The Morgan fingerprint density at radius 3 is 3.00 bits per heavy atom. The standard InChI is InChI=1S/C16H18N2OS/c1-11(15-7-4-8-20-15)18-16(19)14-10-17-9-12-5-2-3-6-13(12)14/h2-8,11,14,17H,9-10H2,1H3,(H,18,19). The Hall–Kier alpha value is -1.65. The Kier molecular flexibility index (Phi) is 3.85. The van der Waals surface area contributed by atoms with Crippen molar-refractivity contribution >= 4 is 17.2 Å². The molecule has 0 aliphatic carbocycles. The quantitative estimate of drug-likeness (QED) is 0.911. The van der Waals surface area contributed by atoms with Crippen molar-refractivity contribution in [3.8, 4) is 0 Å². The van der Waals surface area contributed by atoms with E-state index < -0.39 is 0 Å². The van der Waals surface area contributed by atoms with Crippen LogP contribution in [0.2, 0.25) is 0 Å². The van der Waals surface area contributed by atoms with E-state index in [0.29, 0.717) is 6.54 Å². The molecule has 0 spiro atoms. The number of carbonyl (C=O) groups excluding carboxylic acids is 1. The Balaban J connectivity index is 1.75. The molecule has 1 aromatic carbocycles. The Morgan fingerprint density at radius 1 is 1.35 bits per heavy atom. The number of fused-ring (bicyclic) bond motifs is 1. The largest absolute Gasteiger partial charge is 0.348 e. The molecule has 0 radical (unpaired) electrons. The monoisotopic (exact) mass is 286 g/mol. The van der Waals surface area contributed by atoms with Crippen LogP contribution >= 0.6 is 11.3 Å². The highest BCUT2D eigenvalue weighted by atomic mass is 32.1. The van der Waals surface area contributed by atoms with E-state index in [-0.39, 0.29) is 17.9 Å². The lowest BCUT2D eigenvalue weighted by atomic mass is 9.90. The molecule has 0 fully saturated rings. The maximum absolute atomic E-state index is 12.5. The van der Waals surface area contributed by atoms with E-state index in [1.807, 2.05) is 30.5 Å². The van der Waals surface area contributed by atoms with Gasteiger partial charge >= 0.3 is 0 Å². The average molecular weight is 286 g/mol. The van der Waals surface area contributed by atoms with Gasteiger partial charge in [0, 0.05) is 18.0 Å². The normalized spacial score (nSPS) is 19.1. The van der Waals surface area contributed by atoms with E-state index in [1.165, 1.54) is 10.4 Å². The summed E-state index contributed by atoms with van der Waals surface area (Å²) in [6, 6.07) is 12.3. The number of amides is 1. The van der Waals surface area contributed by atoms with Gasteiger partial charge in [-0.15, -0.1) is 11.3 Å². The van der Waals surface area contributed by atoms with Crippen molar-refractivity contribution in [2.75, 3.05) is 6.54 Å². The predicted octanol–water partition coefficient (Wildman–Crippen LogP) is 2.81. The number of rotatable bonds is 3. The minimum atomic E-state index is -0.0950. The van der Waals surface area contributed by atoms with Crippen LogP contribution in [0.15, 0.2) is 41.8 Å². The fourth-order valence-electron chi connectivity index (χ4n) is 2.65. The second kappa shape index (κ2) is 5.77. The number of carbonyl (C=O) groups is 1. The second-order valence-corrected chi connectivity index (χ2v) is 6.11. The molecule has 2 aromatic rings. The predicted molar refractivity (Wildman–Crippen MR) is 81.8 cm³/mol. The molecular weight excluding hydrogens is 268 g/mol. The van der Waals surface area contributed by atoms with Crippen LogP contribution in [0.1, 0.15) is 34.9 Å². The molecule has 2 atom stereocenters. The molecule has 1 aliphatic rings. The topological polar surface area (TPSA) is 41.1 Å². The van der Waals surface area contributed by atoms with Crippen molar-refractivity contribution in [2.45, 2.75) is 25.4 Å². The fourth-order valence-corrected chi connectivity index (χ4v) is 3.39. The van der Waals surface area contributed by atoms with Gasteiger partial charge in [0.15, 0.2) is 0 Å². The van der Waals surface area contributed by atoms with E-state index in [4.69, 9.17) is 0 Å². The Labute approximate surface area is 123 Å². The maximum atomic E-state index is 12.5. The molecule has 0 bridgehead atoms. The molecule has 1 aromatic heterocycles. The highest BCUT2D eigenvalue weighted by molar-refractivity contribution is 7.10. The molecule has 0 saturated carbocycles. The van der Waals surface area contributed by atoms with Crippen LogP contribution in [0.25, 0.3) is 0 Å². The van der Waals surface area contributed by atoms with Crippen LogP contribution in [-0.2, 0) is 11.3 Å². The van der Waals surface area contributed by atoms with Crippen molar-refractivity contribution < 1.29 is 4.79 Å². The summed E-state index contributed by atoms with van der Waals surface area (Å²) in [4.78, 5) is 13.7. The smallest absolute Gasteiger partial charge is 0.229 e. The molecule has 3 rings (SSSR count). The van der Waals surface area contributed by atoms with Crippen LogP contribution in [0.5, 0.6) is 0 Å². The molecule has 2 N–H and O–H groups in total. The fraction of sp³-hybridized carbons (Fsp3) is 0.312. The third kappa shape index (κ3) is 2.62. The molecule has 20 heavy (non-hydrogen) atoms. The van der Waals surface area contributed by atoms with E-state index in [2.05, 4.69) is 28.8 Å². The van der Waals surface area contributed by atoms with Gasteiger partial charge in [0.25, 0.3) is 0 Å². The highest BCUT2D eigenvalue weighted by Gasteiger charge is 2.27. The van der Waals surface area contributed by atoms with Gasteiger partial charge in [0.05, 0.1) is 12.0 Å². The third-order valence-electron chi connectivity index (χ3n) is 3.74. The van der Waals surface area contributed by atoms with Gasteiger partial charge in [-0.1, -0.05) is 30.3 Å². The molecule has 2 heterocycles.